The third-order valence-electron chi connectivity index (χ3n) is 2.90. The van der Waals surface area contributed by atoms with Gasteiger partial charge in [0.25, 0.3) is 0 Å². The Labute approximate surface area is 110 Å². The summed E-state index contributed by atoms with van der Waals surface area (Å²) >= 11 is 0. The van der Waals surface area contributed by atoms with Crippen LogP contribution in [-0.4, -0.2) is 30.3 Å². The normalized spacial score (nSPS) is 20.6. The molecule has 0 aromatic rings. The second-order valence-electron chi connectivity index (χ2n) is 6.04. The maximum absolute atomic E-state index is 11.7. The predicted molar refractivity (Wildman–Crippen MR) is 71.7 cm³/mol. The van der Waals surface area contributed by atoms with Gasteiger partial charge in [0, 0.05) is 12.1 Å². The monoisotopic (exact) mass is 264 g/mol. The van der Waals surface area contributed by atoms with Crippen molar-refractivity contribution in [2.24, 2.45) is 5.92 Å². The molecule has 4 nitrogen and oxygen atoms in total. The number of amides is 1. The van der Waals surface area contributed by atoms with Gasteiger partial charge in [0.15, 0.2) is 0 Å². The minimum Gasteiger partial charge on any atom is -0.444 e. The third kappa shape index (κ3) is 5.59. The highest BCUT2D eigenvalue weighted by atomic mass is 35.5. The van der Waals surface area contributed by atoms with Crippen molar-refractivity contribution in [2.45, 2.75) is 52.2 Å². The van der Waals surface area contributed by atoms with Gasteiger partial charge in [-0.3, -0.25) is 0 Å². The molecular formula is C12H25ClN2O2. The largest absolute Gasteiger partial charge is 0.444 e. The molecule has 1 atom stereocenters. The molecule has 0 spiro atoms. The summed E-state index contributed by atoms with van der Waals surface area (Å²) in [4.78, 5) is 11.7. The average molecular weight is 265 g/mol. The molecule has 1 amide bonds. The Balaban J connectivity index is 0.00000256. The fraction of sp³-hybridized carbons (Fsp3) is 0.917. The van der Waals surface area contributed by atoms with Crippen molar-refractivity contribution in [1.29, 1.82) is 0 Å². The van der Waals surface area contributed by atoms with E-state index in [1.807, 2.05) is 20.8 Å². The van der Waals surface area contributed by atoms with Crippen LogP contribution in [0.2, 0.25) is 0 Å². The van der Waals surface area contributed by atoms with Crippen molar-refractivity contribution < 1.29 is 9.53 Å². The van der Waals surface area contributed by atoms with Gasteiger partial charge >= 0.3 is 6.09 Å². The molecule has 1 rings (SSSR count). The number of carbonyl (C=O) groups excluding carboxylic acids is 1. The van der Waals surface area contributed by atoms with Crippen LogP contribution in [0.5, 0.6) is 0 Å². The van der Waals surface area contributed by atoms with E-state index in [4.69, 9.17) is 4.74 Å². The minimum absolute atomic E-state index is 0. The first-order valence-electron chi connectivity index (χ1n) is 5.92. The first-order valence-corrected chi connectivity index (χ1v) is 5.92. The van der Waals surface area contributed by atoms with E-state index >= 15 is 0 Å². The maximum atomic E-state index is 11.7. The summed E-state index contributed by atoms with van der Waals surface area (Å²) in [6.07, 6.45) is 0.771. The van der Waals surface area contributed by atoms with E-state index in [-0.39, 0.29) is 24.0 Å². The van der Waals surface area contributed by atoms with Crippen molar-refractivity contribution in [3.8, 4) is 0 Å². The van der Waals surface area contributed by atoms with Crippen LogP contribution >= 0.6 is 12.4 Å². The van der Waals surface area contributed by atoms with Crippen LogP contribution in [0.3, 0.4) is 0 Å². The van der Waals surface area contributed by atoms with E-state index < -0.39 is 5.60 Å². The van der Waals surface area contributed by atoms with E-state index in [0.717, 1.165) is 19.5 Å². The highest BCUT2D eigenvalue weighted by Crippen LogP contribution is 2.23. The number of hydrogen-bond acceptors (Lipinski definition) is 3. The second-order valence-corrected chi connectivity index (χ2v) is 6.04. The number of nitrogens with one attached hydrogen (secondary N) is 2. The highest BCUT2D eigenvalue weighted by molar-refractivity contribution is 5.85. The molecule has 1 unspecified atom stereocenters. The maximum Gasteiger partial charge on any atom is 0.408 e. The fourth-order valence-electron chi connectivity index (χ4n) is 1.94. The molecule has 17 heavy (non-hydrogen) atoms. The molecule has 1 heterocycles. The molecule has 1 saturated heterocycles. The zero-order valence-electron chi connectivity index (χ0n) is 11.4. The van der Waals surface area contributed by atoms with Crippen LogP contribution in [0.4, 0.5) is 4.79 Å². The Morgan fingerprint density at radius 1 is 1.29 bits per heavy atom. The molecule has 0 aromatic carbocycles. The molecular weight excluding hydrogens is 240 g/mol. The van der Waals surface area contributed by atoms with Gasteiger partial charge in [0.2, 0.25) is 0 Å². The summed E-state index contributed by atoms with van der Waals surface area (Å²) < 4.78 is 5.26. The van der Waals surface area contributed by atoms with Gasteiger partial charge < -0.3 is 15.4 Å². The first kappa shape index (κ1) is 16.5. The summed E-state index contributed by atoms with van der Waals surface area (Å²) in [5, 5.41) is 6.26. The topological polar surface area (TPSA) is 50.4 Å². The first-order chi connectivity index (χ1) is 7.21. The zero-order chi connectivity index (χ0) is 12.4. The lowest BCUT2D eigenvalue weighted by Crippen LogP contribution is -2.51. The Morgan fingerprint density at radius 3 is 2.29 bits per heavy atom. The zero-order valence-corrected chi connectivity index (χ0v) is 12.2. The molecule has 0 saturated carbocycles. The standard InChI is InChI=1S/C12H24N2O2.ClH/c1-11(2,3)16-10(15)14-12(4,5)9-6-7-13-8-9;/h9,13H,6-8H2,1-5H3,(H,14,15);1H. The van der Waals surface area contributed by atoms with Gasteiger partial charge in [-0.2, -0.15) is 0 Å². The van der Waals surface area contributed by atoms with Crippen molar-refractivity contribution in [1.82, 2.24) is 10.6 Å². The quantitative estimate of drug-likeness (QED) is 0.805. The van der Waals surface area contributed by atoms with Crippen LogP contribution in [0.25, 0.3) is 0 Å². The second kappa shape index (κ2) is 5.91. The van der Waals surface area contributed by atoms with Crippen LogP contribution in [0.1, 0.15) is 41.0 Å². The number of rotatable bonds is 2. The van der Waals surface area contributed by atoms with Gasteiger partial charge in [0.1, 0.15) is 5.60 Å². The summed E-state index contributed by atoms with van der Waals surface area (Å²) in [6.45, 7) is 11.7. The summed E-state index contributed by atoms with van der Waals surface area (Å²) in [5.41, 5.74) is -0.653. The number of ether oxygens (including phenoxy) is 1. The predicted octanol–water partition coefficient (Wildman–Crippen LogP) is 2.32. The molecule has 0 aromatic heterocycles. The fourth-order valence-corrected chi connectivity index (χ4v) is 1.94. The molecule has 0 aliphatic carbocycles. The lowest BCUT2D eigenvalue weighted by atomic mass is 9.87. The number of alkyl carbamates (subject to hydrolysis) is 1. The number of carbonyl (C=O) groups is 1. The van der Waals surface area contributed by atoms with E-state index in [1.165, 1.54) is 0 Å². The van der Waals surface area contributed by atoms with Gasteiger partial charge in [-0.15, -0.1) is 12.4 Å². The summed E-state index contributed by atoms with van der Waals surface area (Å²) in [5.74, 6) is 0.472. The number of hydrogen-bond donors (Lipinski definition) is 2. The molecule has 2 N–H and O–H groups in total. The lowest BCUT2D eigenvalue weighted by molar-refractivity contribution is 0.0441. The van der Waals surface area contributed by atoms with E-state index in [2.05, 4.69) is 24.5 Å². The van der Waals surface area contributed by atoms with Gasteiger partial charge in [0.05, 0.1) is 0 Å². The van der Waals surface area contributed by atoms with Crippen molar-refractivity contribution in [3.63, 3.8) is 0 Å². The molecule has 0 bridgehead atoms. The van der Waals surface area contributed by atoms with Crippen LogP contribution in [0.15, 0.2) is 0 Å². The van der Waals surface area contributed by atoms with Crippen molar-refractivity contribution >= 4 is 18.5 Å². The molecule has 0 radical (unpaired) electrons. The minimum atomic E-state index is -0.436. The average Bonchev–Trinajstić information content (AvgIpc) is 2.49. The van der Waals surface area contributed by atoms with Gasteiger partial charge in [-0.25, -0.2) is 4.79 Å². The van der Waals surface area contributed by atoms with E-state index in [1.54, 1.807) is 0 Å². The lowest BCUT2D eigenvalue weighted by Gasteiger charge is -2.33. The SMILES string of the molecule is CC(C)(C)OC(=O)NC(C)(C)C1CCNC1.Cl. The molecule has 102 valence electrons. The summed E-state index contributed by atoms with van der Waals surface area (Å²) in [7, 11) is 0. The van der Waals surface area contributed by atoms with Crippen LogP contribution < -0.4 is 10.6 Å². The number of halogens is 1. The Hall–Kier alpha value is -0.480. The third-order valence-corrected chi connectivity index (χ3v) is 2.90. The molecule has 1 aliphatic rings. The van der Waals surface area contributed by atoms with Gasteiger partial charge in [-0.1, -0.05) is 0 Å². The summed E-state index contributed by atoms with van der Waals surface area (Å²) in [6, 6.07) is 0. The Bertz CT molecular complexity index is 256. The van der Waals surface area contributed by atoms with Crippen LogP contribution in [-0.2, 0) is 4.74 Å². The van der Waals surface area contributed by atoms with Crippen LogP contribution in [0, 0.1) is 5.92 Å². The Morgan fingerprint density at radius 2 is 1.88 bits per heavy atom. The molecule has 5 heteroatoms. The van der Waals surface area contributed by atoms with Crippen molar-refractivity contribution in [2.75, 3.05) is 13.1 Å². The highest BCUT2D eigenvalue weighted by Gasteiger charge is 2.34. The van der Waals surface area contributed by atoms with Gasteiger partial charge in [-0.05, 0) is 53.5 Å². The van der Waals surface area contributed by atoms with Crippen molar-refractivity contribution in [3.05, 3.63) is 0 Å². The smallest absolute Gasteiger partial charge is 0.408 e. The molecule has 1 fully saturated rings. The Kier molecular flexibility index (Phi) is 5.75. The van der Waals surface area contributed by atoms with E-state index in [9.17, 15) is 4.79 Å². The van der Waals surface area contributed by atoms with E-state index in [0.29, 0.717) is 5.92 Å². The molecule has 1 aliphatic heterocycles.